The fourth-order valence-electron chi connectivity index (χ4n) is 4.16. The van der Waals surface area contributed by atoms with Gasteiger partial charge in [-0.25, -0.2) is 9.38 Å². The summed E-state index contributed by atoms with van der Waals surface area (Å²) in [5.74, 6) is 1.51. The molecule has 1 fully saturated rings. The van der Waals surface area contributed by atoms with Crippen molar-refractivity contribution in [2.24, 2.45) is 16.8 Å². The molecule has 0 saturated heterocycles. The van der Waals surface area contributed by atoms with Gasteiger partial charge in [-0.1, -0.05) is 17.7 Å². The molecule has 1 saturated carbocycles. The molecule has 0 amide bonds. The summed E-state index contributed by atoms with van der Waals surface area (Å²) in [6, 6.07) is 0.274. The lowest BCUT2D eigenvalue weighted by Crippen LogP contribution is -2.44. The molecule has 3 aliphatic rings. The summed E-state index contributed by atoms with van der Waals surface area (Å²) in [4.78, 5) is 4.08. The van der Waals surface area contributed by atoms with Crippen molar-refractivity contribution in [3.8, 4) is 6.19 Å². The highest BCUT2D eigenvalue weighted by Crippen LogP contribution is 2.46. The molecule has 3 aliphatic carbocycles. The second-order valence-electron chi connectivity index (χ2n) is 6.28. The van der Waals surface area contributed by atoms with E-state index in [4.69, 9.17) is 5.26 Å². The van der Waals surface area contributed by atoms with Gasteiger partial charge < -0.3 is 5.32 Å². The summed E-state index contributed by atoms with van der Waals surface area (Å²) in [6.07, 6.45) is 13.9. The first-order chi connectivity index (χ1) is 10.8. The largest absolute Gasteiger partial charge is 0.352 e. The fourth-order valence-corrected chi connectivity index (χ4v) is 4.16. The van der Waals surface area contributed by atoms with Crippen molar-refractivity contribution in [2.75, 3.05) is 13.2 Å². The lowest BCUT2D eigenvalue weighted by Gasteiger charge is -2.32. The van der Waals surface area contributed by atoms with Gasteiger partial charge in [0.2, 0.25) is 5.96 Å². The second kappa shape index (κ2) is 6.95. The monoisotopic (exact) mass is 302 g/mol. The third kappa shape index (κ3) is 3.01. The van der Waals surface area contributed by atoms with Crippen LogP contribution in [0.5, 0.6) is 0 Å². The van der Waals surface area contributed by atoms with E-state index in [1.807, 2.05) is 6.19 Å². The van der Waals surface area contributed by atoms with Crippen LogP contribution in [0.3, 0.4) is 0 Å². The lowest BCUT2D eigenvalue weighted by molar-refractivity contribution is 0.430. The number of halogens is 1. The minimum atomic E-state index is -0.509. The van der Waals surface area contributed by atoms with Crippen LogP contribution < -0.4 is 10.6 Å². The van der Waals surface area contributed by atoms with E-state index >= 15 is 0 Å². The summed E-state index contributed by atoms with van der Waals surface area (Å²) >= 11 is 0. The van der Waals surface area contributed by atoms with E-state index in [2.05, 4.69) is 27.8 Å². The fraction of sp³-hybridized carbons (Fsp3) is 0.647. The average molecular weight is 302 g/mol. The SMILES string of the molecule is N#CNC(=NCCF)NC1CCC2C3=C(C=CC12)CCCC3. The maximum absolute atomic E-state index is 12.3. The lowest BCUT2D eigenvalue weighted by atomic mass is 9.75. The van der Waals surface area contributed by atoms with Crippen molar-refractivity contribution in [1.29, 1.82) is 5.26 Å². The minimum absolute atomic E-state index is 0.0863. The van der Waals surface area contributed by atoms with Crippen LogP contribution in [0.4, 0.5) is 4.39 Å². The molecule has 0 heterocycles. The standard InChI is InChI=1S/C17H23FN4/c18-9-10-20-17(21-11-19)22-16-8-7-14-13-4-2-1-3-12(13)5-6-15(14)16/h5-6,14-16H,1-4,7-10H2,(H2,20,21,22). The summed E-state index contributed by atoms with van der Waals surface area (Å²) in [5.41, 5.74) is 3.23. The molecule has 0 aromatic heterocycles. The van der Waals surface area contributed by atoms with Gasteiger partial charge >= 0.3 is 0 Å². The molecular formula is C17H23FN4. The molecule has 2 N–H and O–H groups in total. The molecule has 0 aromatic carbocycles. The number of hydrogen-bond acceptors (Lipinski definition) is 2. The first kappa shape index (κ1) is 15.1. The van der Waals surface area contributed by atoms with E-state index < -0.39 is 6.67 Å². The van der Waals surface area contributed by atoms with E-state index in [9.17, 15) is 4.39 Å². The summed E-state index contributed by atoms with van der Waals surface area (Å²) in [6.45, 7) is -0.422. The predicted octanol–water partition coefficient (Wildman–Crippen LogP) is 2.81. The van der Waals surface area contributed by atoms with Crippen molar-refractivity contribution in [1.82, 2.24) is 10.6 Å². The number of rotatable bonds is 3. The van der Waals surface area contributed by atoms with Gasteiger partial charge in [0.05, 0.1) is 6.54 Å². The molecule has 0 radical (unpaired) electrons. The minimum Gasteiger partial charge on any atom is -0.352 e. The summed E-state index contributed by atoms with van der Waals surface area (Å²) in [5, 5.41) is 14.7. The maximum Gasteiger partial charge on any atom is 0.205 e. The van der Waals surface area contributed by atoms with Crippen molar-refractivity contribution in [3.63, 3.8) is 0 Å². The molecule has 4 nitrogen and oxygen atoms in total. The number of alkyl halides is 1. The highest BCUT2D eigenvalue weighted by atomic mass is 19.1. The van der Waals surface area contributed by atoms with E-state index in [0.29, 0.717) is 17.8 Å². The number of allylic oxidation sites excluding steroid dienone is 3. The van der Waals surface area contributed by atoms with Crippen LogP contribution in [0.2, 0.25) is 0 Å². The molecule has 22 heavy (non-hydrogen) atoms. The molecule has 5 heteroatoms. The Labute approximate surface area is 131 Å². The Bertz CT molecular complexity index is 543. The molecular weight excluding hydrogens is 279 g/mol. The quantitative estimate of drug-likeness (QED) is 0.365. The third-order valence-electron chi connectivity index (χ3n) is 5.09. The van der Waals surface area contributed by atoms with Crippen LogP contribution in [-0.4, -0.2) is 25.2 Å². The highest BCUT2D eigenvalue weighted by Gasteiger charge is 2.39. The number of aliphatic imine (C=N–C) groups is 1. The van der Waals surface area contributed by atoms with E-state index in [0.717, 1.165) is 6.42 Å². The smallest absolute Gasteiger partial charge is 0.205 e. The number of nitrogens with one attached hydrogen (secondary N) is 2. The molecule has 0 spiro atoms. The van der Waals surface area contributed by atoms with Crippen molar-refractivity contribution >= 4 is 5.96 Å². The second-order valence-corrected chi connectivity index (χ2v) is 6.28. The van der Waals surface area contributed by atoms with Crippen LogP contribution in [-0.2, 0) is 0 Å². The topological polar surface area (TPSA) is 60.2 Å². The van der Waals surface area contributed by atoms with Crippen LogP contribution in [0, 0.1) is 23.3 Å². The first-order valence-electron chi connectivity index (χ1n) is 8.25. The predicted molar refractivity (Wildman–Crippen MR) is 84.8 cm³/mol. The Kier molecular flexibility index (Phi) is 4.77. The Morgan fingerprint density at radius 1 is 1.36 bits per heavy atom. The van der Waals surface area contributed by atoms with Crippen LogP contribution in [0.1, 0.15) is 38.5 Å². The van der Waals surface area contributed by atoms with Gasteiger partial charge in [0.1, 0.15) is 6.67 Å². The van der Waals surface area contributed by atoms with Crippen LogP contribution >= 0.6 is 0 Å². The molecule has 0 aromatic rings. The maximum atomic E-state index is 12.3. The number of fused-ring (bicyclic) bond motifs is 2. The molecule has 3 unspecified atom stereocenters. The van der Waals surface area contributed by atoms with E-state index in [1.54, 1.807) is 11.1 Å². The van der Waals surface area contributed by atoms with Crippen LogP contribution in [0.25, 0.3) is 0 Å². The van der Waals surface area contributed by atoms with Gasteiger partial charge in [-0.2, -0.15) is 5.26 Å². The van der Waals surface area contributed by atoms with E-state index in [1.165, 1.54) is 32.1 Å². The van der Waals surface area contributed by atoms with Gasteiger partial charge in [0.25, 0.3) is 0 Å². The van der Waals surface area contributed by atoms with E-state index in [-0.39, 0.29) is 12.6 Å². The summed E-state index contributed by atoms with van der Waals surface area (Å²) < 4.78 is 12.3. The van der Waals surface area contributed by atoms with Gasteiger partial charge in [-0.05, 0) is 50.0 Å². The zero-order valence-electron chi connectivity index (χ0n) is 12.8. The number of guanidine groups is 1. The van der Waals surface area contributed by atoms with Gasteiger partial charge in [0, 0.05) is 12.0 Å². The normalized spacial score (nSPS) is 30.5. The Morgan fingerprint density at radius 3 is 3.05 bits per heavy atom. The molecule has 0 bridgehead atoms. The Balaban J connectivity index is 1.69. The zero-order chi connectivity index (χ0) is 15.4. The van der Waals surface area contributed by atoms with Gasteiger partial charge in [-0.3, -0.25) is 5.32 Å². The van der Waals surface area contributed by atoms with Crippen molar-refractivity contribution in [2.45, 2.75) is 44.6 Å². The summed E-state index contributed by atoms with van der Waals surface area (Å²) in [7, 11) is 0. The number of nitrogens with zero attached hydrogens (tertiary/aromatic N) is 2. The number of nitriles is 1. The Morgan fingerprint density at radius 2 is 2.23 bits per heavy atom. The number of hydrogen-bond donors (Lipinski definition) is 2. The van der Waals surface area contributed by atoms with Crippen molar-refractivity contribution < 1.29 is 4.39 Å². The third-order valence-corrected chi connectivity index (χ3v) is 5.09. The molecule has 118 valence electrons. The van der Waals surface area contributed by atoms with Gasteiger partial charge in [0.15, 0.2) is 6.19 Å². The van der Waals surface area contributed by atoms with Crippen molar-refractivity contribution in [3.05, 3.63) is 23.3 Å². The average Bonchev–Trinajstić information content (AvgIpc) is 2.96. The molecule has 3 atom stereocenters. The zero-order valence-corrected chi connectivity index (χ0v) is 12.8. The Hall–Kier alpha value is -1.83. The van der Waals surface area contributed by atoms with Gasteiger partial charge in [-0.15, -0.1) is 0 Å². The first-order valence-corrected chi connectivity index (χ1v) is 8.25. The molecule has 3 rings (SSSR count). The van der Waals surface area contributed by atoms with Crippen LogP contribution in [0.15, 0.2) is 28.3 Å². The highest BCUT2D eigenvalue weighted by molar-refractivity contribution is 5.81. The molecule has 0 aliphatic heterocycles.